The van der Waals surface area contributed by atoms with Crippen LogP contribution >= 0.6 is 11.3 Å². The van der Waals surface area contributed by atoms with Crippen LogP contribution in [0.3, 0.4) is 0 Å². The zero-order chi connectivity index (χ0) is 21.4. The molecule has 1 aliphatic heterocycles. The number of aromatic nitrogens is 1. The maximum absolute atomic E-state index is 13.1. The lowest BCUT2D eigenvalue weighted by molar-refractivity contribution is 0.323. The summed E-state index contributed by atoms with van der Waals surface area (Å²) >= 11 is 1.10. The van der Waals surface area contributed by atoms with Gasteiger partial charge in [-0.15, -0.1) is 0 Å². The molecule has 1 aromatic heterocycles. The normalized spacial score (nSPS) is 15.1. The van der Waals surface area contributed by atoms with Crippen molar-refractivity contribution in [2.24, 2.45) is 0 Å². The Hall–Kier alpha value is -2.68. The zero-order valence-electron chi connectivity index (χ0n) is 17.0. The molecule has 1 fully saturated rings. The molecule has 0 amide bonds. The van der Waals surface area contributed by atoms with Gasteiger partial charge in [-0.1, -0.05) is 47.7 Å². The van der Waals surface area contributed by atoms with Crippen LogP contribution in [0.1, 0.15) is 12.8 Å². The first-order chi connectivity index (χ1) is 15.0. The number of hydrogen-bond donors (Lipinski definition) is 1. The number of benzene rings is 3. The monoisotopic (exact) mass is 453 g/mol. The zero-order valence-corrected chi connectivity index (χ0v) is 18.6. The first-order valence-electron chi connectivity index (χ1n) is 10.4. The van der Waals surface area contributed by atoms with Crippen molar-refractivity contribution in [1.82, 2.24) is 9.47 Å². The van der Waals surface area contributed by atoms with E-state index in [1.807, 2.05) is 36.4 Å². The molecule has 3 aromatic carbocycles. The van der Waals surface area contributed by atoms with Gasteiger partial charge in [-0.3, -0.25) is 14.1 Å². The molecular weight excluding hydrogens is 430 g/mol. The first kappa shape index (κ1) is 20.2. The molecule has 2 heterocycles. The second kappa shape index (κ2) is 8.11. The number of thiazole rings is 1. The number of nitrogens with one attached hydrogen (secondary N) is 1. The summed E-state index contributed by atoms with van der Waals surface area (Å²) in [6.45, 7) is 3.63. The Kier molecular flexibility index (Phi) is 5.29. The number of fused-ring (bicyclic) bond motifs is 2. The van der Waals surface area contributed by atoms with Crippen molar-refractivity contribution >= 4 is 48.0 Å². The van der Waals surface area contributed by atoms with E-state index in [4.69, 9.17) is 0 Å². The third-order valence-corrected chi connectivity index (χ3v) is 8.13. The van der Waals surface area contributed by atoms with E-state index >= 15 is 0 Å². The van der Waals surface area contributed by atoms with Crippen LogP contribution in [0.4, 0.5) is 5.69 Å². The Bertz CT molecular complexity index is 1410. The predicted molar refractivity (Wildman–Crippen MR) is 127 cm³/mol. The van der Waals surface area contributed by atoms with Crippen molar-refractivity contribution in [2.45, 2.75) is 24.3 Å². The number of nitrogens with zero attached hydrogens (tertiary/aromatic N) is 2. The van der Waals surface area contributed by atoms with Crippen LogP contribution in [0, 0.1) is 0 Å². The lowest BCUT2D eigenvalue weighted by atomic mass is 10.1. The molecule has 4 aromatic rings. The van der Waals surface area contributed by atoms with Crippen LogP contribution in [-0.2, 0) is 16.6 Å². The average Bonchev–Trinajstić information content (AvgIpc) is 3.39. The highest BCUT2D eigenvalue weighted by Gasteiger charge is 2.19. The number of rotatable bonds is 6. The van der Waals surface area contributed by atoms with E-state index in [0.717, 1.165) is 47.3 Å². The van der Waals surface area contributed by atoms with E-state index in [-0.39, 0.29) is 9.77 Å². The largest absolute Gasteiger partial charge is 0.308 e. The van der Waals surface area contributed by atoms with Gasteiger partial charge in [0.25, 0.3) is 10.0 Å². The van der Waals surface area contributed by atoms with Crippen molar-refractivity contribution in [3.63, 3.8) is 0 Å². The smallest absolute Gasteiger partial charge is 0.302 e. The molecule has 5 rings (SSSR count). The molecule has 160 valence electrons. The Morgan fingerprint density at radius 1 is 0.935 bits per heavy atom. The molecule has 6 nitrogen and oxygen atoms in total. The fourth-order valence-electron chi connectivity index (χ4n) is 4.19. The second-order valence-electron chi connectivity index (χ2n) is 7.83. The van der Waals surface area contributed by atoms with Crippen molar-refractivity contribution in [2.75, 3.05) is 24.4 Å². The van der Waals surface area contributed by atoms with Gasteiger partial charge in [-0.25, -0.2) is 8.42 Å². The van der Waals surface area contributed by atoms with E-state index in [2.05, 4.69) is 9.62 Å². The summed E-state index contributed by atoms with van der Waals surface area (Å²) in [6.07, 6.45) is 2.43. The first-order valence-corrected chi connectivity index (χ1v) is 12.7. The van der Waals surface area contributed by atoms with Crippen LogP contribution in [0.5, 0.6) is 0 Å². The lowest BCUT2D eigenvalue weighted by Crippen LogP contribution is -2.27. The minimum absolute atomic E-state index is 0.0502. The van der Waals surface area contributed by atoms with Gasteiger partial charge in [0.05, 0.1) is 20.8 Å². The molecule has 1 aliphatic rings. The van der Waals surface area contributed by atoms with Crippen LogP contribution < -0.4 is 9.60 Å². The third-order valence-electron chi connectivity index (χ3n) is 5.82. The summed E-state index contributed by atoms with van der Waals surface area (Å²) in [5, 5.41) is 1.80. The highest BCUT2D eigenvalue weighted by molar-refractivity contribution is 7.92. The van der Waals surface area contributed by atoms with Gasteiger partial charge in [0.15, 0.2) is 0 Å². The minimum Gasteiger partial charge on any atom is -0.302 e. The Morgan fingerprint density at radius 2 is 1.71 bits per heavy atom. The van der Waals surface area contributed by atoms with E-state index in [9.17, 15) is 13.2 Å². The Labute approximate surface area is 184 Å². The molecule has 0 radical (unpaired) electrons. The maximum atomic E-state index is 13.1. The fraction of sp³-hybridized carbons (Fsp3) is 0.261. The van der Waals surface area contributed by atoms with E-state index in [1.54, 1.807) is 28.8 Å². The minimum atomic E-state index is -3.79. The molecular formula is C23H23N3O3S2. The van der Waals surface area contributed by atoms with Gasteiger partial charge >= 0.3 is 4.87 Å². The summed E-state index contributed by atoms with van der Waals surface area (Å²) < 4.78 is 31.3. The standard InChI is InChI=1S/C23H23N3O3S2/c27-23-26(15-14-25-12-3-4-13-25)21-11-10-18(16-22(21)30-23)31(28,29)24-20-9-5-7-17-6-1-2-8-19(17)20/h1-2,5-11,16,24H,3-4,12-15H2. The summed E-state index contributed by atoms with van der Waals surface area (Å²) in [4.78, 5) is 15.0. The molecule has 0 bridgehead atoms. The van der Waals surface area contributed by atoms with E-state index in [0.29, 0.717) is 16.9 Å². The Balaban J connectivity index is 1.44. The average molecular weight is 454 g/mol. The van der Waals surface area contributed by atoms with Crippen molar-refractivity contribution in [3.05, 3.63) is 70.3 Å². The van der Waals surface area contributed by atoms with Gasteiger partial charge in [0.2, 0.25) is 0 Å². The SMILES string of the molecule is O=c1sc2cc(S(=O)(=O)Nc3cccc4ccccc34)ccc2n1CCN1CCCC1. The molecule has 0 aliphatic carbocycles. The molecule has 1 saturated heterocycles. The second-order valence-corrected chi connectivity index (χ2v) is 10.5. The van der Waals surface area contributed by atoms with Crippen LogP contribution in [0.2, 0.25) is 0 Å². The highest BCUT2D eigenvalue weighted by atomic mass is 32.2. The number of sulfonamides is 1. The van der Waals surface area contributed by atoms with Crippen LogP contribution in [0.15, 0.2) is 70.4 Å². The molecule has 1 N–H and O–H groups in total. The summed E-state index contributed by atoms with van der Waals surface area (Å²) in [7, 11) is -3.79. The van der Waals surface area contributed by atoms with E-state index in [1.165, 1.54) is 12.8 Å². The van der Waals surface area contributed by atoms with Gasteiger partial charge < -0.3 is 4.90 Å². The summed E-state index contributed by atoms with van der Waals surface area (Å²) in [5.74, 6) is 0. The molecule has 0 saturated carbocycles. The maximum Gasteiger partial charge on any atom is 0.308 e. The van der Waals surface area contributed by atoms with Gasteiger partial charge in [-0.2, -0.15) is 0 Å². The van der Waals surface area contributed by atoms with Crippen molar-refractivity contribution < 1.29 is 8.42 Å². The van der Waals surface area contributed by atoms with Crippen LogP contribution in [0.25, 0.3) is 21.0 Å². The van der Waals surface area contributed by atoms with Gasteiger partial charge in [0.1, 0.15) is 0 Å². The number of likely N-dealkylation sites (tertiary alicyclic amines) is 1. The Morgan fingerprint density at radius 3 is 2.55 bits per heavy atom. The van der Waals surface area contributed by atoms with E-state index < -0.39 is 10.0 Å². The molecule has 0 atom stereocenters. The topological polar surface area (TPSA) is 71.4 Å². The third kappa shape index (κ3) is 3.98. The number of anilines is 1. The summed E-state index contributed by atoms with van der Waals surface area (Å²) in [5.41, 5.74) is 1.33. The lowest BCUT2D eigenvalue weighted by Gasteiger charge is -2.14. The molecule has 0 spiro atoms. The van der Waals surface area contributed by atoms with Gasteiger partial charge in [-0.05, 0) is 55.6 Å². The molecule has 8 heteroatoms. The molecule has 31 heavy (non-hydrogen) atoms. The molecule has 0 unspecified atom stereocenters. The quantitative estimate of drug-likeness (QED) is 0.477. The predicted octanol–water partition coefficient (Wildman–Crippen LogP) is 4.11. The fourth-order valence-corrected chi connectivity index (χ4v) is 6.33. The van der Waals surface area contributed by atoms with Crippen molar-refractivity contribution in [3.8, 4) is 0 Å². The van der Waals surface area contributed by atoms with Gasteiger partial charge in [0, 0.05) is 18.5 Å². The number of hydrogen-bond acceptors (Lipinski definition) is 5. The van der Waals surface area contributed by atoms with Crippen molar-refractivity contribution in [1.29, 1.82) is 0 Å². The highest BCUT2D eigenvalue weighted by Crippen LogP contribution is 2.27. The summed E-state index contributed by atoms with van der Waals surface area (Å²) in [6, 6.07) is 18.1. The van der Waals surface area contributed by atoms with Crippen LogP contribution in [-0.4, -0.2) is 37.5 Å².